The summed E-state index contributed by atoms with van der Waals surface area (Å²) in [6.07, 6.45) is 9.78. The van der Waals surface area contributed by atoms with Gasteiger partial charge in [-0.25, -0.2) is 4.79 Å². The molecule has 0 saturated carbocycles. The van der Waals surface area contributed by atoms with Crippen molar-refractivity contribution in [2.24, 2.45) is 0 Å². The fourth-order valence-corrected chi connectivity index (χ4v) is 3.52. The summed E-state index contributed by atoms with van der Waals surface area (Å²) in [4.78, 5) is 10.6. The number of fused-ring (bicyclic) bond motifs is 1. The van der Waals surface area contributed by atoms with E-state index in [-0.39, 0.29) is 0 Å². The van der Waals surface area contributed by atoms with Gasteiger partial charge in [0.2, 0.25) is 0 Å². The summed E-state index contributed by atoms with van der Waals surface area (Å²) in [6.45, 7) is 4.37. The van der Waals surface area contributed by atoms with Crippen molar-refractivity contribution in [1.82, 2.24) is 0 Å². The van der Waals surface area contributed by atoms with Crippen molar-refractivity contribution in [1.29, 1.82) is 0 Å². The Hall–Kier alpha value is -3.13. The second kappa shape index (κ2) is 9.18. The number of carboxylic acids is 1. The SMILES string of the molecule is CCCCc1ccc(/C=C/C=C/C(=O)O)cc1-c1ccc(C)c2ccccc12. The summed E-state index contributed by atoms with van der Waals surface area (Å²) in [5.41, 5.74) is 6.21. The molecule has 3 aromatic rings. The van der Waals surface area contributed by atoms with Gasteiger partial charge in [0.05, 0.1) is 0 Å². The van der Waals surface area contributed by atoms with Gasteiger partial charge in [-0.2, -0.15) is 0 Å². The van der Waals surface area contributed by atoms with E-state index in [1.807, 2.05) is 6.08 Å². The van der Waals surface area contributed by atoms with Gasteiger partial charge in [0.15, 0.2) is 0 Å². The van der Waals surface area contributed by atoms with E-state index in [0.717, 1.165) is 30.9 Å². The van der Waals surface area contributed by atoms with E-state index in [1.165, 1.54) is 33.0 Å². The predicted molar refractivity (Wildman–Crippen MR) is 119 cm³/mol. The highest BCUT2D eigenvalue weighted by Gasteiger charge is 2.10. The zero-order chi connectivity index (χ0) is 19.9. The van der Waals surface area contributed by atoms with Crippen LogP contribution < -0.4 is 0 Å². The number of carbonyl (C=O) groups is 1. The highest BCUT2D eigenvalue weighted by atomic mass is 16.4. The molecule has 0 atom stereocenters. The molecule has 1 N–H and O–H groups in total. The van der Waals surface area contributed by atoms with Crippen LogP contribution in [-0.2, 0) is 11.2 Å². The molecule has 3 rings (SSSR count). The fourth-order valence-electron chi connectivity index (χ4n) is 3.52. The van der Waals surface area contributed by atoms with Crippen LogP contribution in [0.1, 0.15) is 36.5 Å². The van der Waals surface area contributed by atoms with Crippen molar-refractivity contribution >= 4 is 22.8 Å². The molecule has 0 bridgehead atoms. The normalized spacial score (nSPS) is 11.6. The monoisotopic (exact) mass is 370 g/mol. The van der Waals surface area contributed by atoms with Gasteiger partial charge in [-0.3, -0.25) is 0 Å². The number of aryl methyl sites for hydroxylation is 2. The molecule has 2 nitrogen and oxygen atoms in total. The van der Waals surface area contributed by atoms with Crippen molar-refractivity contribution in [3.63, 3.8) is 0 Å². The number of allylic oxidation sites excluding steroid dienone is 2. The average Bonchev–Trinajstić information content (AvgIpc) is 2.70. The van der Waals surface area contributed by atoms with Gasteiger partial charge in [0.1, 0.15) is 0 Å². The van der Waals surface area contributed by atoms with Gasteiger partial charge < -0.3 is 5.11 Å². The van der Waals surface area contributed by atoms with Gasteiger partial charge in [0.25, 0.3) is 0 Å². The van der Waals surface area contributed by atoms with Crippen molar-refractivity contribution < 1.29 is 9.90 Å². The van der Waals surface area contributed by atoms with Crippen molar-refractivity contribution in [2.45, 2.75) is 33.1 Å². The third kappa shape index (κ3) is 4.58. The van der Waals surface area contributed by atoms with Crippen LogP contribution in [0, 0.1) is 6.92 Å². The van der Waals surface area contributed by atoms with Crippen LogP contribution in [0.4, 0.5) is 0 Å². The summed E-state index contributed by atoms with van der Waals surface area (Å²) in [5.74, 6) is -0.939. The number of hydrogen-bond acceptors (Lipinski definition) is 1. The molecular weight excluding hydrogens is 344 g/mol. The third-order valence-electron chi connectivity index (χ3n) is 5.00. The van der Waals surface area contributed by atoms with Gasteiger partial charge in [-0.05, 0) is 64.4 Å². The predicted octanol–water partition coefficient (Wildman–Crippen LogP) is 6.81. The first-order valence-corrected chi connectivity index (χ1v) is 9.79. The molecule has 28 heavy (non-hydrogen) atoms. The molecule has 2 heteroatoms. The maximum atomic E-state index is 10.6. The molecule has 0 saturated heterocycles. The number of benzene rings is 3. The van der Waals surface area contributed by atoms with Crippen LogP contribution in [0.15, 0.2) is 72.8 Å². The topological polar surface area (TPSA) is 37.3 Å². The third-order valence-corrected chi connectivity index (χ3v) is 5.00. The Balaban J connectivity index is 2.10. The number of unbranched alkanes of at least 4 members (excludes halogenated alkanes) is 1. The van der Waals surface area contributed by atoms with Crippen LogP contribution in [0.3, 0.4) is 0 Å². The van der Waals surface area contributed by atoms with Gasteiger partial charge in [-0.1, -0.05) is 80.1 Å². The summed E-state index contributed by atoms with van der Waals surface area (Å²) >= 11 is 0. The second-order valence-corrected chi connectivity index (χ2v) is 7.05. The van der Waals surface area contributed by atoms with Crippen molar-refractivity contribution in [3.8, 4) is 11.1 Å². The van der Waals surface area contributed by atoms with Gasteiger partial charge in [-0.15, -0.1) is 0 Å². The molecule has 0 amide bonds. The average molecular weight is 370 g/mol. The van der Waals surface area contributed by atoms with Crippen LogP contribution in [0.5, 0.6) is 0 Å². The summed E-state index contributed by atoms with van der Waals surface area (Å²) in [6, 6.07) is 19.5. The smallest absolute Gasteiger partial charge is 0.328 e. The maximum Gasteiger partial charge on any atom is 0.328 e. The Bertz CT molecular complexity index is 1040. The lowest BCUT2D eigenvalue weighted by Crippen LogP contribution is -1.93. The van der Waals surface area contributed by atoms with Crippen LogP contribution in [-0.4, -0.2) is 11.1 Å². The zero-order valence-electron chi connectivity index (χ0n) is 16.5. The van der Waals surface area contributed by atoms with Crippen LogP contribution >= 0.6 is 0 Å². The quantitative estimate of drug-likeness (QED) is 0.366. The highest BCUT2D eigenvalue weighted by Crippen LogP contribution is 2.34. The first-order valence-electron chi connectivity index (χ1n) is 9.79. The van der Waals surface area contributed by atoms with Crippen LogP contribution in [0.2, 0.25) is 0 Å². The maximum absolute atomic E-state index is 10.6. The Labute approximate surface area is 166 Å². The molecule has 142 valence electrons. The molecule has 0 aliphatic rings. The Morgan fingerprint density at radius 1 is 0.964 bits per heavy atom. The van der Waals surface area contributed by atoms with Crippen LogP contribution in [0.25, 0.3) is 28.0 Å². The molecule has 0 heterocycles. The van der Waals surface area contributed by atoms with Crippen molar-refractivity contribution in [3.05, 3.63) is 89.5 Å². The summed E-state index contributed by atoms with van der Waals surface area (Å²) < 4.78 is 0. The van der Waals surface area contributed by atoms with Gasteiger partial charge >= 0.3 is 5.97 Å². The van der Waals surface area contributed by atoms with E-state index in [9.17, 15) is 4.79 Å². The number of carboxylic acid groups (broad SMARTS) is 1. The second-order valence-electron chi connectivity index (χ2n) is 7.05. The minimum absolute atomic E-state index is 0.939. The van der Waals surface area contributed by atoms with E-state index >= 15 is 0 Å². The Morgan fingerprint density at radius 2 is 1.75 bits per heavy atom. The molecule has 0 aliphatic heterocycles. The number of aliphatic carboxylic acids is 1. The lowest BCUT2D eigenvalue weighted by atomic mass is 9.90. The van der Waals surface area contributed by atoms with Gasteiger partial charge in [0, 0.05) is 6.08 Å². The molecule has 3 aromatic carbocycles. The minimum Gasteiger partial charge on any atom is -0.478 e. The van der Waals surface area contributed by atoms with Crippen molar-refractivity contribution in [2.75, 3.05) is 0 Å². The lowest BCUT2D eigenvalue weighted by molar-refractivity contribution is -0.131. The molecule has 0 unspecified atom stereocenters. The fraction of sp³-hybridized carbons (Fsp3) is 0.192. The van der Waals surface area contributed by atoms with E-state index in [0.29, 0.717) is 0 Å². The zero-order valence-corrected chi connectivity index (χ0v) is 16.5. The number of hydrogen-bond donors (Lipinski definition) is 1. The van der Waals surface area contributed by atoms with E-state index in [4.69, 9.17) is 5.11 Å². The number of rotatable bonds is 7. The molecular formula is C26H26O2. The molecule has 0 aliphatic carbocycles. The highest BCUT2D eigenvalue weighted by molar-refractivity contribution is 5.99. The van der Waals surface area contributed by atoms with E-state index < -0.39 is 5.97 Å². The summed E-state index contributed by atoms with van der Waals surface area (Å²) in [7, 11) is 0. The minimum atomic E-state index is -0.939. The molecule has 0 aromatic heterocycles. The van der Waals surface area contributed by atoms with E-state index in [2.05, 4.69) is 68.4 Å². The molecule has 0 spiro atoms. The lowest BCUT2D eigenvalue weighted by Gasteiger charge is -2.15. The first-order chi connectivity index (χ1) is 13.6. The Kier molecular flexibility index (Phi) is 6.44. The summed E-state index contributed by atoms with van der Waals surface area (Å²) in [5, 5.41) is 11.3. The first kappa shape index (κ1) is 19.6. The Morgan fingerprint density at radius 3 is 2.50 bits per heavy atom. The van der Waals surface area contributed by atoms with E-state index in [1.54, 1.807) is 12.2 Å². The molecule has 0 radical (unpaired) electrons. The molecule has 0 fully saturated rings. The largest absolute Gasteiger partial charge is 0.478 e. The standard InChI is InChI=1S/C26H26O2/c1-3-4-10-21-16-15-20(9-5-8-13-26(27)28)18-25(21)24-17-14-19(2)22-11-6-7-12-23(22)24/h5-9,11-18H,3-4,10H2,1-2H3,(H,27,28)/b9-5+,13-8+.